The summed E-state index contributed by atoms with van der Waals surface area (Å²) in [4.78, 5) is 4.20. The number of halogens is 4. The van der Waals surface area contributed by atoms with E-state index in [4.69, 9.17) is 0 Å². The van der Waals surface area contributed by atoms with Gasteiger partial charge in [-0.3, -0.25) is 0 Å². The van der Waals surface area contributed by atoms with Gasteiger partial charge in [0.2, 0.25) is 0 Å². The second kappa shape index (κ2) is 4.99. The lowest BCUT2D eigenvalue weighted by Gasteiger charge is -2.16. The highest BCUT2D eigenvalue weighted by molar-refractivity contribution is 9.10. The topological polar surface area (TPSA) is 33.1 Å². The monoisotopic (exact) mass is 337 g/mol. The zero-order valence-corrected chi connectivity index (χ0v) is 11.2. The first-order chi connectivity index (χ1) is 8.41. The third-order valence-corrected chi connectivity index (χ3v) is 4.13. The summed E-state index contributed by atoms with van der Waals surface area (Å²) in [5, 5.41) is 10.0. The molecule has 0 saturated heterocycles. The van der Waals surface area contributed by atoms with E-state index in [0.29, 0.717) is 9.48 Å². The van der Waals surface area contributed by atoms with Crippen LogP contribution >= 0.6 is 27.3 Å². The number of thiazole rings is 1. The lowest BCUT2D eigenvalue weighted by atomic mass is 10.0. The Labute approximate surface area is 113 Å². The summed E-state index contributed by atoms with van der Waals surface area (Å²) in [6, 6.07) is 4.97. The lowest BCUT2D eigenvalue weighted by molar-refractivity contribution is -0.139. The van der Waals surface area contributed by atoms with E-state index in [1.54, 1.807) is 0 Å². The Bertz CT molecular complexity index is 555. The van der Waals surface area contributed by atoms with Gasteiger partial charge in [-0.05, 0) is 27.6 Å². The van der Waals surface area contributed by atoms with Crippen molar-refractivity contribution in [1.29, 1.82) is 0 Å². The van der Waals surface area contributed by atoms with Gasteiger partial charge < -0.3 is 5.11 Å². The van der Waals surface area contributed by atoms with Gasteiger partial charge in [0.05, 0.1) is 16.0 Å². The molecule has 2 rings (SSSR count). The second-order valence-corrected chi connectivity index (χ2v) is 5.13. The molecule has 0 saturated carbocycles. The maximum atomic E-state index is 12.8. The van der Waals surface area contributed by atoms with Crippen LogP contribution in [0.5, 0.6) is 0 Å². The minimum absolute atomic E-state index is 0.171. The third-order valence-electron chi connectivity index (χ3n) is 2.36. The molecular formula is C11H7BrF3NOS. The van der Waals surface area contributed by atoms with E-state index in [1.165, 1.54) is 23.7 Å². The molecule has 1 N–H and O–H groups in total. The fraction of sp³-hybridized carbons (Fsp3) is 0.182. The van der Waals surface area contributed by atoms with E-state index in [-0.39, 0.29) is 5.56 Å². The molecule has 0 bridgehead atoms. The van der Waals surface area contributed by atoms with Gasteiger partial charge >= 0.3 is 6.18 Å². The standard InChI is InChI=1S/C11H7BrF3NOS/c12-10-9(18-5-16-10)8(17)6-3-1-2-4-7(6)11(13,14)15/h1-5,8,17H. The number of aliphatic hydroxyl groups is 1. The van der Waals surface area contributed by atoms with Crippen molar-refractivity contribution in [2.45, 2.75) is 12.3 Å². The van der Waals surface area contributed by atoms with Crippen LogP contribution in [0.25, 0.3) is 0 Å². The Balaban J connectivity index is 2.49. The van der Waals surface area contributed by atoms with Gasteiger partial charge in [-0.25, -0.2) is 4.98 Å². The van der Waals surface area contributed by atoms with Crippen LogP contribution in [0.4, 0.5) is 13.2 Å². The molecule has 0 aliphatic heterocycles. The predicted molar refractivity (Wildman–Crippen MR) is 65.3 cm³/mol. The van der Waals surface area contributed by atoms with E-state index >= 15 is 0 Å². The Kier molecular flexibility index (Phi) is 3.74. The molecule has 0 spiro atoms. The number of aliphatic hydroxyl groups excluding tert-OH is 1. The molecule has 1 aromatic carbocycles. The van der Waals surface area contributed by atoms with Crippen molar-refractivity contribution < 1.29 is 18.3 Å². The summed E-state index contributed by atoms with van der Waals surface area (Å²) in [6.07, 6.45) is -5.83. The highest BCUT2D eigenvalue weighted by Crippen LogP contribution is 2.38. The number of benzene rings is 1. The van der Waals surface area contributed by atoms with Gasteiger partial charge in [0.25, 0.3) is 0 Å². The third kappa shape index (κ3) is 2.57. The average molecular weight is 338 g/mol. The summed E-state index contributed by atoms with van der Waals surface area (Å²) in [5.74, 6) is 0. The Hall–Kier alpha value is -0.920. The molecular weight excluding hydrogens is 331 g/mol. The molecule has 18 heavy (non-hydrogen) atoms. The molecule has 0 radical (unpaired) electrons. The molecule has 96 valence electrons. The van der Waals surface area contributed by atoms with Gasteiger partial charge in [-0.1, -0.05) is 18.2 Å². The van der Waals surface area contributed by atoms with Crippen molar-refractivity contribution >= 4 is 27.3 Å². The molecule has 1 atom stereocenters. The SMILES string of the molecule is OC(c1ccccc1C(F)(F)F)c1scnc1Br. The highest BCUT2D eigenvalue weighted by Gasteiger charge is 2.35. The Morgan fingerprint density at radius 3 is 2.50 bits per heavy atom. The van der Waals surface area contributed by atoms with Gasteiger partial charge in [0.15, 0.2) is 0 Å². The molecule has 1 unspecified atom stereocenters. The summed E-state index contributed by atoms with van der Waals surface area (Å²) in [6.45, 7) is 0. The number of alkyl halides is 3. The van der Waals surface area contributed by atoms with Crippen molar-refractivity contribution in [1.82, 2.24) is 4.98 Å². The average Bonchev–Trinajstić information content (AvgIpc) is 2.73. The summed E-state index contributed by atoms with van der Waals surface area (Å²) >= 11 is 4.19. The van der Waals surface area contributed by atoms with Crippen molar-refractivity contribution in [3.63, 3.8) is 0 Å². The number of hydrogen-bond acceptors (Lipinski definition) is 3. The first-order valence-corrected chi connectivity index (χ1v) is 6.51. The number of aromatic nitrogens is 1. The van der Waals surface area contributed by atoms with Crippen LogP contribution in [0.3, 0.4) is 0 Å². The number of nitrogens with zero attached hydrogens (tertiary/aromatic N) is 1. The molecule has 0 aliphatic rings. The van der Waals surface area contributed by atoms with Crippen LogP contribution in [0.1, 0.15) is 22.1 Å². The summed E-state index contributed by atoms with van der Waals surface area (Å²) < 4.78 is 38.8. The molecule has 0 fully saturated rings. The summed E-state index contributed by atoms with van der Waals surface area (Å²) in [7, 11) is 0. The Morgan fingerprint density at radius 2 is 1.94 bits per heavy atom. The fourth-order valence-corrected chi connectivity index (χ4v) is 2.97. The van der Waals surface area contributed by atoms with Crippen LogP contribution in [0.2, 0.25) is 0 Å². The molecule has 7 heteroatoms. The molecule has 1 heterocycles. The number of rotatable bonds is 2. The maximum Gasteiger partial charge on any atom is 0.416 e. The predicted octanol–water partition coefficient (Wildman–Crippen LogP) is 4.01. The second-order valence-electron chi connectivity index (χ2n) is 3.49. The zero-order chi connectivity index (χ0) is 13.3. The van der Waals surface area contributed by atoms with Crippen molar-refractivity contribution in [3.05, 3.63) is 50.4 Å². The van der Waals surface area contributed by atoms with Crippen LogP contribution in [0, 0.1) is 0 Å². The molecule has 2 nitrogen and oxygen atoms in total. The first-order valence-electron chi connectivity index (χ1n) is 4.84. The van der Waals surface area contributed by atoms with Crippen LogP contribution < -0.4 is 0 Å². The van der Waals surface area contributed by atoms with Crippen LogP contribution in [-0.2, 0) is 6.18 Å². The molecule has 1 aromatic heterocycles. The smallest absolute Gasteiger partial charge is 0.383 e. The maximum absolute atomic E-state index is 12.8. The van der Waals surface area contributed by atoms with Crippen LogP contribution in [0.15, 0.2) is 34.4 Å². The van der Waals surface area contributed by atoms with E-state index in [1.807, 2.05) is 0 Å². The molecule has 0 amide bonds. The van der Waals surface area contributed by atoms with E-state index in [9.17, 15) is 18.3 Å². The van der Waals surface area contributed by atoms with E-state index in [2.05, 4.69) is 20.9 Å². The van der Waals surface area contributed by atoms with Crippen molar-refractivity contribution in [2.24, 2.45) is 0 Å². The summed E-state index contributed by atoms with van der Waals surface area (Å²) in [5.41, 5.74) is 0.450. The Morgan fingerprint density at radius 1 is 1.28 bits per heavy atom. The normalized spacial score (nSPS) is 13.6. The quantitative estimate of drug-likeness (QED) is 0.898. The van der Waals surface area contributed by atoms with Gasteiger partial charge in [0, 0.05) is 0 Å². The minimum Gasteiger partial charge on any atom is -0.383 e. The van der Waals surface area contributed by atoms with Crippen LogP contribution in [-0.4, -0.2) is 10.1 Å². The fourth-order valence-electron chi connectivity index (χ4n) is 1.55. The van der Waals surface area contributed by atoms with Gasteiger partial charge in [0.1, 0.15) is 10.7 Å². The van der Waals surface area contributed by atoms with Crippen molar-refractivity contribution in [3.8, 4) is 0 Å². The number of hydrogen-bond donors (Lipinski definition) is 1. The minimum atomic E-state index is -4.49. The van der Waals surface area contributed by atoms with Crippen molar-refractivity contribution in [2.75, 3.05) is 0 Å². The van der Waals surface area contributed by atoms with E-state index < -0.39 is 17.8 Å². The molecule has 2 aromatic rings. The van der Waals surface area contributed by atoms with Gasteiger partial charge in [-0.2, -0.15) is 13.2 Å². The first kappa shape index (κ1) is 13.5. The zero-order valence-electron chi connectivity index (χ0n) is 8.78. The van der Waals surface area contributed by atoms with E-state index in [0.717, 1.165) is 17.4 Å². The lowest BCUT2D eigenvalue weighted by Crippen LogP contribution is -2.12. The van der Waals surface area contributed by atoms with Gasteiger partial charge in [-0.15, -0.1) is 11.3 Å². The molecule has 0 aliphatic carbocycles. The highest BCUT2D eigenvalue weighted by atomic mass is 79.9. The largest absolute Gasteiger partial charge is 0.416 e.